The molecule has 0 aromatic heterocycles. The Morgan fingerprint density at radius 2 is 1.90 bits per heavy atom. The number of benzene rings is 2. The minimum atomic E-state index is -1.94. The molecule has 1 aliphatic heterocycles. The van der Waals surface area contributed by atoms with Crippen LogP contribution in [0, 0.1) is 10.1 Å². The molecule has 1 heterocycles. The first-order chi connectivity index (χ1) is 14.6. The number of rotatable bonds is 6. The highest BCUT2D eigenvalue weighted by molar-refractivity contribution is 7.81. The summed E-state index contributed by atoms with van der Waals surface area (Å²) in [4.78, 5) is 43.9. The van der Waals surface area contributed by atoms with Crippen LogP contribution in [-0.4, -0.2) is 43.9 Å². The van der Waals surface area contributed by atoms with Crippen LogP contribution in [0.3, 0.4) is 0 Å². The zero-order valence-corrected chi connectivity index (χ0v) is 17.2. The third-order valence-electron chi connectivity index (χ3n) is 4.54. The Balaban J connectivity index is 0.000000381. The smallest absolute Gasteiger partial charge is 0.356 e. The number of nitro groups is 1. The summed E-state index contributed by atoms with van der Waals surface area (Å²) in [6.45, 7) is 0.952. The van der Waals surface area contributed by atoms with Crippen molar-refractivity contribution in [2.24, 2.45) is 0 Å². The maximum Gasteiger partial charge on any atom is 0.356 e. The van der Waals surface area contributed by atoms with Crippen LogP contribution in [0.1, 0.15) is 18.9 Å². The van der Waals surface area contributed by atoms with Crippen molar-refractivity contribution in [1.82, 2.24) is 10.2 Å². The van der Waals surface area contributed by atoms with Gasteiger partial charge in [-0.25, -0.2) is 4.79 Å². The van der Waals surface area contributed by atoms with E-state index in [0.717, 1.165) is 0 Å². The van der Waals surface area contributed by atoms with Crippen molar-refractivity contribution in [2.75, 3.05) is 0 Å². The summed E-state index contributed by atoms with van der Waals surface area (Å²) in [7, 11) is 0. The number of nitro benzene ring substituents is 1. The molecular weight excluding hydrogens is 426 g/mol. The molecule has 11 heteroatoms. The van der Waals surface area contributed by atoms with Crippen LogP contribution in [0.25, 0.3) is 11.1 Å². The molecule has 2 atom stereocenters. The number of esters is 1. The van der Waals surface area contributed by atoms with Crippen molar-refractivity contribution >= 4 is 36.1 Å². The number of ether oxygens (including phenoxy) is 1. The van der Waals surface area contributed by atoms with E-state index < -0.39 is 33.9 Å². The lowest BCUT2D eigenvalue weighted by molar-refractivity contribution is -0.384. The molecule has 10 nitrogen and oxygen atoms in total. The van der Waals surface area contributed by atoms with Gasteiger partial charge in [0.25, 0.3) is 5.69 Å². The number of thiol groups is 1. The standard InChI is InChI=1S/C14H15N3O7S.C6H4/c1-8(18)15-14(25)6-11(19)16(14)12(20)13(21)24-7-9-2-4-10(5-3-9)17(22)23;1-2-5-4-6(5)3-1/h2-5,12,20,25H,6-7H2,1H3,(H,15,18);1-4H. The van der Waals surface area contributed by atoms with Crippen LogP contribution in [0.15, 0.2) is 48.5 Å². The number of fused-ring (bicyclic) bond motifs is 1. The second kappa shape index (κ2) is 8.74. The molecule has 2 unspecified atom stereocenters. The number of amides is 2. The number of carbonyl (C=O) groups excluding carboxylic acids is 3. The molecule has 0 saturated carbocycles. The van der Waals surface area contributed by atoms with Crippen LogP contribution in [0.4, 0.5) is 5.69 Å². The van der Waals surface area contributed by atoms with Crippen molar-refractivity contribution in [2.45, 2.75) is 31.2 Å². The summed E-state index contributed by atoms with van der Waals surface area (Å²) in [6, 6.07) is 13.8. The van der Waals surface area contributed by atoms with Gasteiger partial charge in [-0.15, -0.1) is 12.6 Å². The number of likely N-dealkylation sites (tertiary alicyclic amines) is 1. The van der Waals surface area contributed by atoms with Gasteiger partial charge in [-0.05, 0) is 34.9 Å². The minimum absolute atomic E-state index is 0.114. The maximum atomic E-state index is 11.9. The number of hydrogen-bond acceptors (Lipinski definition) is 8. The van der Waals surface area contributed by atoms with Crippen molar-refractivity contribution < 1.29 is 29.2 Å². The first-order valence-electron chi connectivity index (χ1n) is 9.12. The van der Waals surface area contributed by atoms with Gasteiger partial charge in [0, 0.05) is 19.1 Å². The summed E-state index contributed by atoms with van der Waals surface area (Å²) in [5, 5.41) is 22.9. The topological polar surface area (TPSA) is 139 Å². The van der Waals surface area contributed by atoms with Crippen LogP contribution in [-0.2, 0) is 25.7 Å². The first kappa shape index (κ1) is 22.2. The molecule has 2 amide bonds. The maximum absolute atomic E-state index is 11.9. The van der Waals surface area contributed by atoms with E-state index in [9.17, 15) is 29.6 Å². The lowest BCUT2D eigenvalue weighted by Gasteiger charge is -2.49. The van der Waals surface area contributed by atoms with Crippen LogP contribution >= 0.6 is 12.6 Å². The van der Waals surface area contributed by atoms with Crippen LogP contribution in [0.2, 0.25) is 0 Å². The Hall–Kier alpha value is -3.44. The number of β-lactam (4-membered cyclic amide) rings is 1. The average Bonchev–Trinajstić information content (AvgIpc) is 3.30. The fourth-order valence-corrected chi connectivity index (χ4v) is 3.46. The molecule has 2 aliphatic carbocycles. The van der Waals surface area contributed by atoms with Crippen LogP contribution in [0.5, 0.6) is 0 Å². The molecule has 162 valence electrons. The summed E-state index contributed by atoms with van der Waals surface area (Å²) in [6.07, 6.45) is -2.12. The Labute approximate surface area is 182 Å². The third kappa shape index (κ3) is 5.19. The van der Waals surface area contributed by atoms with E-state index >= 15 is 0 Å². The number of carbonyl (C=O) groups is 3. The Kier molecular flexibility index (Phi) is 6.27. The predicted octanol–water partition coefficient (Wildman–Crippen LogP) is 1.58. The van der Waals surface area contributed by atoms with E-state index in [2.05, 4.69) is 42.2 Å². The van der Waals surface area contributed by atoms with Crippen molar-refractivity contribution in [1.29, 1.82) is 0 Å². The third-order valence-corrected chi connectivity index (χ3v) is 5.02. The molecule has 0 radical (unpaired) electrons. The molecule has 31 heavy (non-hydrogen) atoms. The lowest BCUT2D eigenvalue weighted by atomic mass is 10.1. The highest BCUT2D eigenvalue weighted by atomic mass is 32.1. The average molecular weight is 445 g/mol. The number of aliphatic hydroxyl groups excluding tert-OH is 1. The molecular formula is C20H19N3O7S. The predicted molar refractivity (Wildman–Crippen MR) is 111 cm³/mol. The highest BCUT2D eigenvalue weighted by Gasteiger charge is 2.54. The van der Waals surface area contributed by atoms with Gasteiger partial charge in [0.05, 0.1) is 11.3 Å². The summed E-state index contributed by atoms with van der Waals surface area (Å²) in [5.74, 6) is -2.18. The normalized spacial score (nSPS) is 18.7. The van der Waals surface area contributed by atoms with Gasteiger partial charge >= 0.3 is 5.97 Å². The van der Waals surface area contributed by atoms with Gasteiger partial charge in [0.15, 0.2) is 4.99 Å². The van der Waals surface area contributed by atoms with Crippen molar-refractivity contribution in [3.63, 3.8) is 0 Å². The lowest BCUT2D eigenvalue weighted by Crippen LogP contribution is -2.72. The Morgan fingerprint density at radius 3 is 2.32 bits per heavy atom. The van der Waals surface area contributed by atoms with E-state index in [1.165, 1.54) is 42.3 Å². The molecule has 2 N–H and O–H groups in total. The monoisotopic (exact) mass is 445 g/mol. The van der Waals surface area contributed by atoms with Gasteiger partial charge in [-0.3, -0.25) is 24.6 Å². The first-order valence-corrected chi connectivity index (χ1v) is 9.57. The van der Waals surface area contributed by atoms with Gasteiger partial charge in [0.1, 0.15) is 6.61 Å². The fraction of sp³-hybridized carbons (Fsp3) is 0.250. The highest BCUT2D eigenvalue weighted by Crippen LogP contribution is 2.35. The number of nitrogens with one attached hydrogen (secondary N) is 1. The fourth-order valence-electron chi connectivity index (χ4n) is 2.95. The zero-order chi connectivity index (χ0) is 22.8. The number of non-ortho nitro benzene ring substituents is 1. The molecule has 0 spiro atoms. The van der Waals surface area contributed by atoms with Gasteiger partial charge in [0.2, 0.25) is 18.0 Å². The van der Waals surface area contributed by atoms with Crippen molar-refractivity contribution in [3.05, 3.63) is 64.2 Å². The molecule has 1 fully saturated rings. The largest absolute Gasteiger partial charge is 0.457 e. The molecule has 1 aromatic carbocycles. The number of nitrogens with zero attached hydrogens (tertiary/aromatic N) is 2. The summed E-state index contributed by atoms with van der Waals surface area (Å²) < 4.78 is 4.89. The van der Waals surface area contributed by atoms with Gasteiger partial charge < -0.3 is 15.2 Å². The summed E-state index contributed by atoms with van der Waals surface area (Å²) in [5.41, 5.74) is 3.20. The molecule has 1 aromatic rings. The Morgan fingerprint density at radius 1 is 1.29 bits per heavy atom. The van der Waals surface area contributed by atoms with E-state index in [1.807, 2.05) is 0 Å². The quantitative estimate of drug-likeness (QED) is 0.131. The van der Waals surface area contributed by atoms with Crippen molar-refractivity contribution in [3.8, 4) is 11.1 Å². The second-order valence-corrected chi connectivity index (χ2v) is 7.66. The van der Waals surface area contributed by atoms with Gasteiger partial charge in [-0.2, -0.15) is 0 Å². The second-order valence-electron chi connectivity index (χ2n) is 6.92. The molecule has 4 rings (SSSR count). The van der Waals surface area contributed by atoms with E-state index in [-0.39, 0.29) is 18.7 Å². The SMILES string of the molecule is CC(=O)NC1(S)CC(=O)N1C(O)C(=O)OCc1ccc([N+](=O)[O-])cc1.c1cc2cc-2c1. The van der Waals surface area contributed by atoms with Crippen LogP contribution < -0.4 is 5.32 Å². The minimum Gasteiger partial charge on any atom is -0.457 e. The Bertz CT molecular complexity index is 1030. The van der Waals surface area contributed by atoms with E-state index in [1.54, 1.807) is 0 Å². The zero-order valence-electron chi connectivity index (χ0n) is 16.3. The molecule has 0 bridgehead atoms. The molecule has 1 saturated heterocycles. The number of aliphatic hydroxyl groups is 1. The number of hydrogen-bond donors (Lipinski definition) is 3. The molecule has 3 aliphatic rings. The summed E-state index contributed by atoms with van der Waals surface area (Å²) >= 11 is 4.11. The van der Waals surface area contributed by atoms with Gasteiger partial charge in [-0.1, -0.05) is 18.2 Å². The van der Waals surface area contributed by atoms with E-state index in [0.29, 0.717) is 10.5 Å². The van der Waals surface area contributed by atoms with E-state index in [4.69, 9.17) is 4.74 Å².